The van der Waals surface area contributed by atoms with E-state index in [4.69, 9.17) is 9.47 Å². The summed E-state index contributed by atoms with van der Waals surface area (Å²) in [6.45, 7) is 4.94. The van der Waals surface area contributed by atoms with Gasteiger partial charge in [0, 0.05) is 10.9 Å². The minimum absolute atomic E-state index is 0.0483. The van der Waals surface area contributed by atoms with Gasteiger partial charge in [0.25, 0.3) is 5.91 Å². The lowest BCUT2D eigenvalue weighted by atomic mass is 10.1. The summed E-state index contributed by atoms with van der Waals surface area (Å²) >= 11 is 1.61. The van der Waals surface area contributed by atoms with Gasteiger partial charge in [-0.2, -0.15) is 0 Å². The van der Waals surface area contributed by atoms with Crippen molar-refractivity contribution >= 4 is 22.9 Å². The Hall–Kier alpha value is -2.86. The van der Waals surface area contributed by atoms with Gasteiger partial charge in [0.2, 0.25) is 0 Å². The summed E-state index contributed by atoms with van der Waals surface area (Å²) in [6, 6.07) is 13.7. The Bertz CT molecular complexity index is 966. The molecule has 3 aromatic rings. The number of carbonyl (C=O) groups excluding carboxylic acids is 1. The van der Waals surface area contributed by atoms with Gasteiger partial charge in [0.05, 0.1) is 22.9 Å². The van der Waals surface area contributed by atoms with Crippen LogP contribution in [0.4, 0.5) is 5.69 Å². The Morgan fingerprint density at radius 2 is 2.00 bits per heavy atom. The average Bonchev–Trinajstić information content (AvgIpc) is 3.11. The second-order valence-corrected chi connectivity index (χ2v) is 7.49. The number of carbonyl (C=O) groups is 1. The Balaban J connectivity index is 1.53. The minimum atomic E-state index is -0.0679. The zero-order valence-electron chi connectivity index (χ0n) is 15.3. The van der Waals surface area contributed by atoms with E-state index >= 15 is 0 Å². The van der Waals surface area contributed by atoms with E-state index in [0.29, 0.717) is 18.9 Å². The zero-order valence-corrected chi connectivity index (χ0v) is 16.1. The lowest BCUT2D eigenvalue weighted by molar-refractivity contribution is -0.121. The number of benzene rings is 2. The third-order valence-electron chi connectivity index (χ3n) is 4.42. The molecule has 0 saturated heterocycles. The van der Waals surface area contributed by atoms with E-state index in [1.807, 2.05) is 61.7 Å². The summed E-state index contributed by atoms with van der Waals surface area (Å²) in [5, 5.41) is 3.03. The van der Waals surface area contributed by atoms with Crippen molar-refractivity contribution in [1.29, 1.82) is 0 Å². The topological polar surface area (TPSA) is 51.7 Å². The maximum atomic E-state index is 12.4. The number of rotatable bonds is 5. The summed E-state index contributed by atoms with van der Waals surface area (Å²) in [7, 11) is 0. The number of aryl methyl sites for hydroxylation is 2. The third kappa shape index (κ3) is 3.80. The van der Waals surface area contributed by atoms with Crippen molar-refractivity contribution in [2.75, 3.05) is 24.7 Å². The molecule has 2 aromatic carbocycles. The monoisotopic (exact) mass is 380 g/mol. The largest absolute Gasteiger partial charge is 0.492 e. The number of nitrogens with zero attached hydrogens (tertiary/aromatic N) is 2. The fraction of sp³-hybridized carbons (Fsp3) is 0.238. The van der Waals surface area contributed by atoms with E-state index in [-0.39, 0.29) is 12.5 Å². The van der Waals surface area contributed by atoms with E-state index in [1.54, 1.807) is 16.2 Å². The van der Waals surface area contributed by atoms with Crippen LogP contribution < -0.4 is 14.4 Å². The van der Waals surface area contributed by atoms with Gasteiger partial charge in [-0.1, -0.05) is 17.7 Å². The molecule has 1 aromatic heterocycles. The van der Waals surface area contributed by atoms with Gasteiger partial charge >= 0.3 is 0 Å². The highest BCUT2D eigenvalue weighted by atomic mass is 32.1. The van der Waals surface area contributed by atoms with Crippen LogP contribution in [0.3, 0.4) is 0 Å². The first-order chi connectivity index (χ1) is 13.1. The normalized spacial score (nSPS) is 13.3. The van der Waals surface area contributed by atoms with Crippen LogP contribution in [0.1, 0.15) is 10.6 Å². The molecule has 5 nitrogen and oxygen atoms in total. The third-order valence-corrected chi connectivity index (χ3v) is 5.19. The lowest BCUT2D eigenvalue weighted by Gasteiger charge is -2.29. The van der Waals surface area contributed by atoms with Crippen LogP contribution in [0, 0.1) is 13.8 Å². The van der Waals surface area contributed by atoms with Crippen molar-refractivity contribution in [1.82, 2.24) is 4.98 Å². The van der Waals surface area contributed by atoms with Crippen molar-refractivity contribution in [2.24, 2.45) is 0 Å². The van der Waals surface area contributed by atoms with E-state index in [1.165, 1.54) is 5.56 Å². The molecular formula is C21H20N2O3S. The molecule has 0 N–H and O–H groups in total. The molecule has 0 unspecified atom stereocenters. The highest BCUT2D eigenvalue weighted by Gasteiger charge is 2.26. The predicted molar refractivity (Wildman–Crippen MR) is 107 cm³/mol. The Labute approximate surface area is 162 Å². The van der Waals surface area contributed by atoms with E-state index in [0.717, 1.165) is 27.7 Å². The fourth-order valence-corrected chi connectivity index (χ4v) is 3.61. The second-order valence-electron chi connectivity index (χ2n) is 6.43. The molecule has 0 aliphatic carbocycles. The quantitative estimate of drug-likeness (QED) is 0.665. The van der Waals surface area contributed by atoms with E-state index in [9.17, 15) is 4.79 Å². The number of anilines is 1. The summed E-state index contributed by atoms with van der Waals surface area (Å²) in [6.07, 6.45) is 0. The lowest BCUT2D eigenvalue weighted by Crippen LogP contribution is -2.41. The minimum Gasteiger partial charge on any atom is -0.492 e. The molecule has 0 fully saturated rings. The second kappa shape index (κ2) is 7.40. The summed E-state index contributed by atoms with van der Waals surface area (Å²) in [4.78, 5) is 18.7. The van der Waals surface area contributed by atoms with Gasteiger partial charge in [-0.3, -0.25) is 4.79 Å². The first-order valence-electron chi connectivity index (χ1n) is 8.79. The number of aromatic nitrogens is 1. The fourth-order valence-electron chi connectivity index (χ4n) is 2.99. The van der Waals surface area contributed by atoms with Gasteiger partial charge in [0.15, 0.2) is 6.61 Å². The van der Waals surface area contributed by atoms with Gasteiger partial charge < -0.3 is 14.4 Å². The maximum absolute atomic E-state index is 12.4. The van der Waals surface area contributed by atoms with Crippen molar-refractivity contribution in [3.05, 3.63) is 58.4 Å². The molecule has 1 aliphatic rings. The Morgan fingerprint density at radius 1 is 1.19 bits per heavy atom. The highest BCUT2D eigenvalue weighted by Crippen LogP contribution is 2.36. The van der Waals surface area contributed by atoms with Crippen LogP contribution >= 0.6 is 11.3 Å². The highest BCUT2D eigenvalue weighted by molar-refractivity contribution is 7.09. The van der Waals surface area contributed by atoms with Crippen LogP contribution in [0.15, 0.2) is 47.8 Å². The molecule has 1 aliphatic heterocycles. The zero-order chi connectivity index (χ0) is 18.8. The first-order valence-corrected chi connectivity index (χ1v) is 9.67. The van der Waals surface area contributed by atoms with Crippen molar-refractivity contribution in [2.45, 2.75) is 13.8 Å². The maximum Gasteiger partial charge on any atom is 0.265 e. The summed E-state index contributed by atoms with van der Waals surface area (Å²) < 4.78 is 11.4. The standard InChI is InChI=1S/C21H20N2O3S/c1-14-3-6-17(7-4-14)25-10-9-23-19-11-16(18-13-27-15(2)22-18)5-8-20(19)26-12-21(23)24/h3-8,11,13H,9-10,12H2,1-2H3. The predicted octanol–water partition coefficient (Wildman–Crippen LogP) is 4.23. The van der Waals surface area contributed by atoms with Crippen LogP contribution in [-0.4, -0.2) is 30.6 Å². The molecule has 138 valence electrons. The van der Waals surface area contributed by atoms with Crippen molar-refractivity contribution < 1.29 is 14.3 Å². The number of thiazole rings is 1. The Kier molecular flexibility index (Phi) is 4.81. The molecule has 1 amide bonds. The molecule has 0 bridgehead atoms. The molecule has 4 rings (SSSR count). The molecular weight excluding hydrogens is 360 g/mol. The SMILES string of the molecule is Cc1ccc(OCCN2C(=O)COc3ccc(-c4csc(C)n4)cc32)cc1. The molecule has 0 saturated carbocycles. The average molecular weight is 380 g/mol. The van der Waals surface area contributed by atoms with E-state index < -0.39 is 0 Å². The Morgan fingerprint density at radius 3 is 2.74 bits per heavy atom. The van der Waals surface area contributed by atoms with Crippen LogP contribution in [0.5, 0.6) is 11.5 Å². The summed E-state index contributed by atoms with van der Waals surface area (Å²) in [5.41, 5.74) is 3.83. The number of hydrogen-bond donors (Lipinski definition) is 0. The van der Waals surface area contributed by atoms with Crippen molar-refractivity contribution in [3.63, 3.8) is 0 Å². The van der Waals surface area contributed by atoms with Crippen LogP contribution in [-0.2, 0) is 4.79 Å². The smallest absolute Gasteiger partial charge is 0.265 e. The van der Waals surface area contributed by atoms with Gasteiger partial charge in [0.1, 0.15) is 18.1 Å². The van der Waals surface area contributed by atoms with Gasteiger partial charge in [-0.05, 0) is 44.2 Å². The number of hydrogen-bond acceptors (Lipinski definition) is 5. The molecule has 6 heteroatoms. The molecule has 0 atom stereocenters. The number of fused-ring (bicyclic) bond motifs is 1. The number of ether oxygens (including phenoxy) is 2. The van der Waals surface area contributed by atoms with Crippen molar-refractivity contribution in [3.8, 4) is 22.8 Å². The molecule has 0 radical (unpaired) electrons. The summed E-state index contributed by atoms with van der Waals surface area (Å²) in [5.74, 6) is 1.44. The van der Waals surface area contributed by atoms with Crippen LogP contribution in [0.25, 0.3) is 11.3 Å². The van der Waals surface area contributed by atoms with E-state index in [2.05, 4.69) is 4.98 Å². The molecule has 2 heterocycles. The number of amides is 1. The van der Waals surface area contributed by atoms with Gasteiger partial charge in [-0.25, -0.2) is 4.98 Å². The molecule has 27 heavy (non-hydrogen) atoms. The molecule has 0 spiro atoms. The van der Waals surface area contributed by atoms with Crippen LogP contribution in [0.2, 0.25) is 0 Å². The first kappa shape index (κ1) is 17.5. The van der Waals surface area contributed by atoms with Gasteiger partial charge in [-0.15, -0.1) is 11.3 Å².